The quantitative estimate of drug-likeness (QED) is 0.861. The van der Waals surface area contributed by atoms with Crippen molar-refractivity contribution in [2.75, 3.05) is 10.0 Å². The fourth-order valence-electron chi connectivity index (χ4n) is 1.54. The van der Waals surface area contributed by atoms with Gasteiger partial charge in [-0.15, -0.1) is 11.3 Å². The number of hydrogen-bond donors (Lipinski definition) is 2. The van der Waals surface area contributed by atoms with Crippen molar-refractivity contribution in [2.24, 2.45) is 0 Å². The Morgan fingerprint density at radius 3 is 2.55 bits per heavy atom. The predicted molar refractivity (Wildman–Crippen MR) is 83.6 cm³/mol. The van der Waals surface area contributed by atoms with Crippen LogP contribution in [0.1, 0.15) is 6.92 Å². The van der Waals surface area contributed by atoms with Gasteiger partial charge in [-0.25, -0.2) is 8.42 Å². The van der Waals surface area contributed by atoms with E-state index in [1.165, 1.54) is 6.92 Å². The van der Waals surface area contributed by atoms with E-state index in [9.17, 15) is 13.2 Å². The van der Waals surface area contributed by atoms with Gasteiger partial charge in [0.05, 0.1) is 5.69 Å². The summed E-state index contributed by atoms with van der Waals surface area (Å²) in [7, 11) is -3.64. The van der Waals surface area contributed by atoms with Gasteiger partial charge in [-0.1, -0.05) is 6.07 Å². The molecule has 2 aromatic rings. The second kappa shape index (κ2) is 5.94. The Morgan fingerprint density at radius 2 is 1.95 bits per heavy atom. The van der Waals surface area contributed by atoms with E-state index >= 15 is 0 Å². The molecule has 0 aliphatic heterocycles. The molecule has 2 rings (SSSR count). The van der Waals surface area contributed by atoms with Crippen LogP contribution in [0.2, 0.25) is 0 Å². The molecule has 1 aromatic heterocycles. The van der Waals surface area contributed by atoms with E-state index < -0.39 is 10.0 Å². The Bertz CT molecular complexity index is 741. The minimum absolute atomic E-state index is 0.211. The van der Waals surface area contributed by atoms with Gasteiger partial charge in [0.2, 0.25) is 5.91 Å². The molecular weight excluding hydrogens is 364 g/mol. The Morgan fingerprint density at radius 1 is 1.25 bits per heavy atom. The molecule has 0 unspecified atom stereocenters. The topological polar surface area (TPSA) is 75.3 Å². The standard InChI is InChI=1S/C12H11BrN2O3S2/c1-8(16)14-9-3-2-4-10(7-9)15-20(17,18)12-11(13)5-6-19-12/h2-7,15H,1H3,(H,14,16). The van der Waals surface area contributed by atoms with Crippen LogP contribution >= 0.6 is 27.3 Å². The van der Waals surface area contributed by atoms with Crippen LogP contribution in [-0.2, 0) is 14.8 Å². The minimum Gasteiger partial charge on any atom is -0.326 e. The largest absolute Gasteiger partial charge is 0.326 e. The number of anilines is 2. The average Bonchev–Trinajstić information content (AvgIpc) is 2.75. The number of benzene rings is 1. The molecule has 0 radical (unpaired) electrons. The SMILES string of the molecule is CC(=O)Nc1cccc(NS(=O)(=O)c2sccc2Br)c1. The van der Waals surface area contributed by atoms with Crippen molar-refractivity contribution in [2.45, 2.75) is 11.1 Å². The van der Waals surface area contributed by atoms with E-state index in [1.807, 2.05) is 0 Å². The number of amides is 1. The van der Waals surface area contributed by atoms with Crippen molar-refractivity contribution in [1.29, 1.82) is 0 Å². The summed E-state index contributed by atoms with van der Waals surface area (Å²) in [5.74, 6) is -0.217. The highest BCUT2D eigenvalue weighted by Crippen LogP contribution is 2.29. The first-order valence-corrected chi connectivity index (χ1v) is 8.67. The lowest BCUT2D eigenvalue weighted by molar-refractivity contribution is -0.114. The molecule has 0 atom stereocenters. The Kier molecular flexibility index (Phi) is 4.46. The number of halogens is 1. The molecule has 1 amide bonds. The summed E-state index contributed by atoms with van der Waals surface area (Å²) in [6.07, 6.45) is 0. The summed E-state index contributed by atoms with van der Waals surface area (Å²) in [5.41, 5.74) is 0.916. The van der Waals surface area contributed by atoms with E-state index in [4.69, 9.17) is 0 Å². The Hall–Kier alpha value is -1.38. The van der Waals surface area contributed by atoms with E-state index in [0.29, 0.717) is 15.8 Å². The number of rotatable bonds is 4. The lowest BCUT2D eigenvalue weighted by Gasteiger charge is -2.09. The van der Waals surface area contributed by atoms with E-state index in [0.717, 1.165) is 11.3 Å². The van der Waals surface area contributed by atoms with E-state index in [-0.39, 0.29) is 10.1 Å². The van der Waals surface area contributed by atoms with Crippen LogP contribution < -0.4 is 10.0 Å². The van der Waals surface area contributed by atoms with Crippen molar-refractivity contribution in [3.05, 3.63) is 40.2 Å². The average molecular weight is 375 g/mol. The van der Waals surface area contributed by atoms with Gasteiger partial charge < -0.3 is 5.32 Å². The Balaban J connectivity index is 2.26. The lowest BCUT2D eigenvalue weighted by Crippen LogP contribution is -2.12. The van der Waals surface area contributed by atoms with E-state index in [1.54, 1.807) is 35.7 Å². The molecule has 0 aliphatic carbocycles. The van der Waals surface area contributed by atoms with Gasteiger partial charge >= 0.3 is 0 Å². The molecule has 0 fully saturated rings. The predicted octanol–water partition coefficient (Wildman–Crippen LogP) is 3.27. The minimum atomic E-state index is -3.64. The van der Waals surface area contributed by atoms with Crippen molar-refractivity contribution in [3.8, 4) is 0 Å². The first kappa shape index (κ1) is 15.0. The van der Waals surface area contributed by atoms with Gasteiger partial charge in [0.25, 0.3) is 10.0 Å². The first-order valence-electron chi connectivity index (χ1n) is 5.52. The van der Waals surface area contributed by atoms with E-state index in [2.05, 4.69) is 26.0 Å². The second-order valence-electron chi connectivity index (χ2n) is 3.92. The third-order valence-corrected chi connectivity index (χ3v) is 6.31. The zero-order valence-electron chi connectivity index (χ0n) is 10.4. The molecule has 5 nitrogen and oxygen atoms in total. The van der Waals surface area contributed by atoms with Crippen molar-refractivity contribution in [1.82, 2.24) is 0 Å². The molecule has 0 aliphatic rings. The van der Waals surface area contributed by atoms with Crippen molar-refractivity contribution < 1.29 is 13.2 Å². The van der Waals surface area contributed by atoms with Crippen LogP contribution in [0.15, 0.2) is 44.4 Å². The van der Waals surface area contributed by atoms with Crippen LogP contribution in [0.5, 0.6) is 0 Å². The summed E-state index contributed by atoms with van der Waals surface area (Å²) in [5, 5.41) is 4.28. The number of carbonyl (C=O) groups is 1. The van der Waals surface area contributed by atoms with Crippen LogP contribution in [0.3, 0.4) is 0 Å². The molecular formula is C12H11BrN2O3S2. The number of sulfonamides is 1. The summed E-state index contributed by atoms with van der Waals surface area (Å²) >= 11 is 4.32. The molecule has 0 spiro atoms. The van der Waals surface area contributed by atoms with Crippen molar-refractivity contribution >= 4 is 54.6 Å². The van der Waals surface area contributed by atoms with Gasteiger partial charge in [-0.2, -0.15) is 0 Å². The summed E-state index contributed by atoms with van der Waals surface area (Å²) in [6, 6.07) is 8.19. The van der Waals surface area contributed by atoms with Crippen LogP contribution in [0.25, 0.3) is 0 Å². The number of nitrogens with one attached hydrogen (secondary N) is 2. The highest BCUT2D eigenvalue weighted by molar-refractivity contribution is 9.10. The number of thiophene rings is 1. The van der Waals surface area contributed by atoms with Gasteiger partial charge in [0, 0.05) is 17.1 Å². The molecule has 106 valence electrons. The van der Waals surface area contributed by atoms with Crippen LogP contribution in [0, 0.1) is 0 Å². The number of carbonyl (C=O) groups excluding carboxylic acids is 1. The van der Waals surface area contributed by atoms with Crippen LogP contribution in [0.4, 0.5) is 11.4 Å². The monoisotopic (exact) mass is 374 g/mol. The molecule has 1 aromatic carbocycles. The summed E-state index contributed by atoms with van der Waals surface area (Å²) in [4.78, 5) is 11.0. The highest BCUT2D eigenvalue weighted by atomic mass is 79.9. The third-order valence-electron chi connectivity index (χ3n) is 2.26. The molecule has 0 saturated carbocycles. The van der Waals surface area contributed by atoms with Gasteiger partial charge in [0.15, 0.2) is 4.21 Å². The third kappa shape index (κ3) is 3.59. The zero-order chi connectivity index (χ0) is 14.8. The molecule has 2 N–H and O–H groups in total. The number of hydrogen-bond acceptors (Lipinski definition) is 4. The van der Waals surface area contributed by atoms with Gasteiger partial charge in [0.1, 0.15) is 0 Å². The maximum absolute atomic E-state index is 12.2. The zero-order valence-corrected chi connectivity index (χ0v) is 13.6. The van der Waals surface area contributed by atoms with Crippen LogP contribution in [-0.4, -0.2) is 14.3 Å². The molecule has 20 heavy (non-hydrogen) atoms. The highest BCUT2D eigenvalue weighted by Gasteiger charge is 2.19. The molecule has 0 bridgehead atoms. The van der Waals surface area contributed by atoms with Gasteiger partial charge in [-0.05, 0) is 45.6 Å². The fraction of sp³-hybridized carbons (Fsp3) is 0.0833. The lowest BCUT2D eigenvalue weighted by atomic mass is 10.3. The molecule has 8 heteroatoms. The first-order chi connectivity index (χ1) is 9.38. The smallest absolute Gasteiger partial charge is 0.272 e. The summed E-state index contributed by atoms with van der Waals surface area (Å²) in [6.45, 7) is 1.39. The van der Waals surface area contributed by atoms with Crippen molar-refractivity contribution in [3.63, 3.8) is 0 Å². The summed E-state index contributed by atoms with van der Waals surface area (Å²) < 4.78 is 27.6. The maximum atomic E-state index is 12.2. The Labute approximate surface area is 129 Å². The maximum Gasteiger partial charge on any atom is 0.272 e. The van der Waals surface area contributed by atoms with Gasteiger partial charge in [-0.3, -0.25) is 9.52 Å². The molecule has 1 heterocycles. The fourth-order valence-corrected chi connectivity index (χ4v) is 4.93. The second-order valence-corrected chi connectivity index (χ2v) is 7.57. The normalized spacial score (nSPS) is 11.1. The molecule has 0 saturated heterocycles.